The van der Waals surface area contributed by atoms with E-state index in [2.05, 4.69) is 9.88 Å². The van der Waals surface area contributed by atoms with Gasteiger partial charge in [-0.3, -0.25) is 19.6 Å². The number of hydrogen-bond donors (Lipinski definition) is 1. The van der Waals surface area contributed by atoms with Crippen molar-refractivity contribution in [2.75, 3.05) is 31.1 Å². The topological polar surface area (TPSA) is 98.5 Å². The summed E-state index contributed by atoms with van der Waals surface area (Å²) in [4.78, 5) is 42.7. The van der Waals surface area contributed by atoms with Crippen LogP contribution in [-0.2, 0) is 9.59 Å². The molecule has 3 heterocycles. The van der Waals surface area contributed by atoms with Crippen LogP contribution in [0.1, 0.15) is 45.1 Å². The number of unbranched alkanes of at least 4 members (excludes halogenated alkanes) is 1. The predicted octanol–water partition coefficient (Wildman–Crippen LogP) is 4.68. The van der Waals surface area contributed by atoms with E-state index in [1.807, 2.05) is 67.3 Å². The first-order valence-corrected chi connectivity index (χ1v) is 13.5. The van der Waals surface area contributed by atoms with Crippen LogP contribution in [0.15, 0.2) is 70.3 Å². The van der Waals surface area contributed by atoms with E-state index in [-0.39, 0.29) is 24.4 Å². The first-order valence-electron chi connectivity index (χ1n) is 13.1. The van der Waals surface area contributed by atoms with Gasteiger partial charge >= 0.3 is 5.97 Å². The van der Waals surface area contributed by atoms with Crippen LogP contribution in [0.25, 0.3) is 0 Å². The minimum Gasteiger partial charge on any atom is -0.481 e. The lowest BCUT2D eigenvalue weighted by molar-refractivity contribution is -0.137. The fourth-order valence-corrected chi connectivity index (χ4v) is 4.86. The number of aliphatic carboxylic acids is 1. The second-order valence-electron chi connectivity index (χ2n) is 9.71. The Bertz CT molecular complexity index is 1220. The summed E-state index contributed by atoms with van der Waals surface area (Å²) in [6.07, 6.45) is 5.72. The zero-order valence-electron chi connectivity index (χ0n) is 21.9. The minimum atomic E-state index is -0.799. The maximum Gasteiger partial charge on any atom is 0.303 e. The number of amides is 1. The van der Waals surface area contributed by atoms with Gasteiger partial charge in [0.25, 0.3) is 0 Å². The highest BCUT2D eigenvalue weighted by Gasteiger charge is 2.27. The number of piperazine rings is 1. The van der Waals surface area contributed by atoms with Crippen LogP contribution >= 0.6 is 11.6 Å². The molecule has 1 N–H and O–H groups in total. The lowest BCUT2D eigenvalue weighted by Gasteiger charge is -2.35. The standard InChI is InChI=1S/C29H34ClN5O3/c1-20(29(38)35-17-15-34(16-18-35)26-8-5-6-14-31-26)19-25-21(2)32-28(22-10-12-23(30)13-11-22)24(33-25)7-3-4-9-27(36)37/h5-6,8,10-14,19,21,25H,3-4,7,9,15-18H2,1-2H3,(H,36,37). The summed E-state index contributed by atoms with van der Waals surface area (Å²) in [5.74, 6) is 0.151. The average Bonchev–Trinajstić information content (AvgIpc) is 2.93. The number of carboxylic acid groups (broad SMARTS) is 1. The summed E-state index contributed by atoms with van der Waals surface area (Å²) in [7, 11) is 0. The summed E-state index contributed by atoms with van der Waals surface area (Å²) in [6.45, 7) is 6.61. The van der Waals surface area contributed by atoms with Crippen molar-refractivity contribution in [3.05, 3.63) is 70.9 Å². The number of pyridine rings is 1. The van der Waals surface area contributed by atoms with E-state index >= 15 is 0 Å². The number of nitrogens with zero attached hydrogens (tertiary/aromatic N) is 5. The number of carboxylic acids is 1. The number of halogens is 1. The SMILES string of the molecule is CC(=CC1N=C(CCCCC(=O)O)C(c2ccc(Cl)cc2)=NC1C)C(=O)N1CCN(c2ccccn2)CC1. The Morgan fingerprint density at radius 3 is 2.45 bits per heavy atom. The van der Waals surface area contributed by atoms with Crippen molar-refractivity contribution in [1.29, 1.82) is 0 Å². The van der Waals surface area contributed by atoms with Crippen LogP contribution in [0.4, 0.5) is 5.82 Å². The van der Waals surface area contributed by atoms with Crippen LogP contribution in [0.3, 0.4) is 0 Å². The molecule has 9 heteroatoms. The third-order valence-electron chi connectivity index (χ3n) is 6.88. The van der Waals surface area contributed by atoms with Crippen molar-refractivity contribution in [3.63, 3.8) is 0 Å². The number of benzene rings is 1. The zero-order valence-corrected chi connectivity index (χ0v) is 22.6. The smallest absolute Gasteiger partial charge is 0.303 e. The highest BCUT2D eigenvalue weighted by molar-refractivity contribution is 6.48. The lowest BCUT2D eigenvalue weighted by atomic mass is 9.96. The molecule has 1 saturated heterocycles. The van der Waals surface area contributed by atoms with Crippen LogP contribution < -0.4 is 4.90 Å². The second kappa shape index (κ2) is 12.8. The van der Waals surface area contributed by atoms with Gasteiger partial charge in [0.1, 0.15) is 5.82 Å². The minimum absolute atomic E-state index is 0.0172. The van der Waals surface area contributed by atoms with E-state index in [4.69, 9.17) is 26.7 Å². The highest BCUT2D eigenvalue weighted by atomic mass is 35.5. The number of carbonyl (C=O) groups is 2. The van der Waals surface area contributed by atoms with Crippen molar-refractivity contribution in [2.24, 2.45) is 9.98 Å². The number of rotatable bonds is 9. The number of aliphatic imine (C=N–C) groups is 2. The predicted molar refractivity (Wildman–Crippen MR) is 152 cm³/mol. The van der Waals surface area contributed by atoms with Gasteiger partial charge in [0.2, 0.25) is 5.91 Å². The van der Waals surface area contributed by atoms with Gasteiger partial charge in [0.15, 0.2) is 0 Å². The second-order valence-corrected chi connectivity index (χ2v) is 10.1. The molecule has 38 heavy (non-hydrogen) atoms. The fourth-order valence-electron chi connectivity index (χ4n) is 4.74. The van der Waals surface area contributed by atoms with E-state index in [9.17, 15) is 9.59 Å². The van der Waals surface area contributed by atoms with Crippen molar-refractivity contribution >= 4 is 40.7 Å². The molecule has 8 nitrogen and oxygen atoms in total. The van der Waals surface area contributed by atoms with Gasteiger partial charge in [-0.05, 0) is 63.5 Å². The van der Waals surface area contributed by atoms with Gasteiger partial charge in [-0.1, -0.05) is 29.8 Å². The fraction of sp³-hybridized carbons (Fsp3) is 0.414. The Morgan fingerprint density at radius 2 is 1.79 bits per heavy atom. The number of anilines is 1. The Morgan fingerprint density at radius 1 is 1.05 bits per heavy atom. The first-order chi connectivity index (χ1) is 18.3. The number of hydrogen-bond acceptors (Lipinski definition) is 6. The van der Waals surface area contributed by atoms with E-state index in [0.717, 1.165) is 35.9 Å². The lowest BCUT2D eigenvalue weighted by Crippen LogP contribution is -2.49. The van der Waals surface area contributed by atoms with E-state index in [1.54, 1.807) is 6.20 Å². The molecule has 4 rings (SSSR count). The quantitative estimate of drug-likeness (QED) is 0.371. The van der Waals surface area contributed by atoms with Crippen molar-refractivity contribution < 1.29 is 14.7 Å². The largest absolute Gasteiger partial charge is 0.481 e. The zero-order chi connectivity index (χ0) is 27.1. The Hall–Kier alpha value is -3.52. The molecule has 200 valence electrons. The Kier molecular flexibility index (Phi) is 9.29. The van der Waals surface area contributed by atoms with Crippen molar-refractivity contribution in [3.8, 4) is 0 Å². The molecule has 0 bridgehead atoms. The molecule has 2 aromatic rings. The highest BCUT2D eigenvalue weighted by Crippen LogP contribution is 2.22. The molecule has 1 aromatic heterocycles. The van der Waals surface area contributed by atoms with Crippen LogP contribution in [0.5, 0.6) is 0 Å². The van der Waals surface area contributed by atoms with E-state index < -0.39 is 5.97 Å². The Balaban J connectivity index is 1.46. The first kappa shape index (κ1) is 27.5. The van der Waals surface area contributed by atoms with E-state index in [0.29, 0.717) is 42.9 Å². The molecule has 0 spiro atoms. The summed E-state index contributed by atoms with van der Waals surface area (Å²) in [5, 5.41) is 9.65. The summed E-state index contributed by atoms with van der Waals surface area (Å²) in [6, 6.07) is 13.0. The van der Waals surface area contributed by atoms with Gasteiger partial charge in [0.05, 0.1) is 23.5 Å². The molecular weight excluding hydrogens is 502 g/mol. The van der Waals surface area contributed by atoms with Crippen LogP contribution in [0.2, 0.25) is 5.02 Å². The summed E-state index contributed by atoms with van der Waals surface area (Å²) < 4.78 is 0. The molecule has 2 aliphatic rings. The van der Waals surface area contributed by atoms with Crippen molar-refractivity contribution in [1.82, 2.24) is 9.88 Å². The number of aromatic nitrogens is 1. The monoisotopic (exact) mass is 535 g/mol. The third-order valence-corrected chi connectivity index (χ3v) is 7.13. The maximum atomic E-state index is 13.3. The number of carbonyl (C=O) groups excluding carboxylic acids is 1. The van der Waals surface area contributed by atoms with Gasteiger partial charge in [-0.25, -0.2) is 4.98 Å². The normalized spacial score (nSPS) is 20.1. The van der Waals surface area contributed by atoms with Crippen LogP contribution in [-0.4, -0.2) is 76.6 Å². The summed E-state index contributed by atoms with van der Waals surface area (Å²) >= 11 is 6.09. The Labute approximate surface area is 228 Å². The molecule has 2 atom stereocenters. The van der Waals surface area contributed by atoms with Gasteiger partial charge in [-0.2, -0.15) is 0 Å². The molecule has 2 aliphatic heterocycles. The summed E-state index contributed by atoms with van der Waals surface area (Å²) in [5.41, 5.74) is 3.23. The molecule has 0 radical (unpaired) electrons. The molecule has 0 saturated carbocycles. The molecule has 2 unspecified atom stereocenters. The molecule has 0 aliphatic carbocycles. The van der Waals surface area contributed by atoms with E-state index in [1.165, 1.54) is 0 Å². The maximum absolute atomic E-state index is 13.3. The molecular formula is C29H34ClN5O3. The average molecular weight is 536 g/mol. The van der Waals surface area contributed by atoms with Crippen molar-refractivity contribution in [2.45, 2.75) is 51.6 Å². The van der Waals surface area contributed by atoms with Crippen LogP contribution in [0, 0.1) is 0 Å². The molecule has 1 fully saturated rings. The van der Waals surface area contributed by atoms with Gasteiger partial charge < -0.3 is 14.9 Å². The van der Waals surface area contributed by atoms with Gasteiger partial charge in [0, 0.05) is 55.0 Å². The van der Waals surface area contributed by atoms with Gasteiger partial charge in [-0.15, -0.1) is 0 Å². The molecule has 1 aromatic carbocycles. The molecule has 1 amide bonds. The third kappa shape index (κ3) is 7.07.